The van der Waals surface area contributed by atoms with E-state index in [1.54, 1.807) is 19.2 Å². The highest BCUT2D eigenvalue weighted by Gasteiger charge is 2.31. The van der Waals surface area contributed by atoms with Gasteiger partial charge in [-0.05, 0) is 51.8 Å². The fraction of sp³-hybridized carbons (Fsp3) is 0.538. The van der Waals surface area contributed by atoms with Gasteiger partial charge in [0.25, 0.3) is 0 Å². The third-order valence-corrected chi connectivity index (χ3v) is 2.71. The van der Waals surface area contributed by atoms with E-state index in [1.165, 1.54) is 12.1 Å². The van der Waals surface area contributed by atoms with Gasteiger partial charge in [-0.2, -0.15) is 0 Å². The molecule has 1 atom stereocenters. The molecule has 1 rings (SSSR count). The molecule has 1 aromatic carbocycles. The zero-order chi connectivity index (χ0) is 14.5. The van der Waals surface area contributed by atoms with Crippen LogP contribution in [0.5, 0.6) is 5.75 Å². The summed E-state index contributed by atoms with van der Waals surface area (Å²) in [6.45, 7) is 0.843. The first-order chi connectivity index (χ1) is 8.81. The zero-order valence-electron chi connectivity index (χ0n) is 11.3. The number of hydrogen-bond donors (Lipinski definition) is 1. The lowest BCUT2D eigenvalue weighted by Gasteiger charge is -2.20. The summed E-state index contributed by atoms with van der Waals surface area (Å²) in [5.41, 5.74) is 0.783. The predicted octanol–water partition coefficient (Wildman–Crippen LogP) is 2.80. The van der Waals surface area contributed by atoms with Crippen molar-refractivity contribution in [2.24, 2.45) is 0 Å². The molecule has 3 nitrogen and oxygen atoms in total. The average Bonchev–Trinajstić information content (AvgIpc) is 2.27. The predicted molar refractivity (Wildman–Crippen MR) is 68.1 cm³/mol. The SMILES string of the molecule is CNC(CCN(C)C)c1cccc(OC(F)(F)F)c1. The van der Waals surface area contributed by atoms with Crippen molar-refractivity contribution in [1.82, 2.24) is 10.2 Å². The van der Waals surface area contributed by atoms with Crippen molar-refractivity contribution in [2.75, 3.05) is 27.7 Å². The second kappa shape index (κ2) is 6.77. The largest absolute Gasteiger partial charge is 0.573 e. The van der Waals surface area contributed by atoms with Crippen molar-refractivity contribution in [3.63, 3.8) is 0 Å². The van der Waals surface area contributed by atoms with Gasteiger partial charge >= 0.3 is 6.36 Å². The molecule has 0 fully saturated rings. The van der Waals surface area contributed by atoms with E-state index in [9.17, 15) is 13.2 Å². The van der Waals surface area contributed by atoms with Crippen LogP contribution in [0, 0.1) is 0 Å². The van der Waals surface area contributed by atoms with Crippen LogP contribution in [0.3, 0.4) is 0 Å². The lowest BCUT2D eigenvalue weighted by molar-refractivity contribution is -0.274. The third kappa shape index (κ3) is 5.94. The molecule has 19 heavy (non-hydrogen) atoms. The van der Waals surface area contributed by atoms with E-state index in [-0.39, 0.29) is 11.8 Å². The molecule has 0 saturated carbocycles. The Labute approximate surface area is 111 Å². The first kappa shape index (κ1) is 15.8. The van der Waals surface area contributed by atoms with Crippen LogP contribution in [0.4, 0.5) is 13.2 Å². The molecule has 0 aliphatic carbocycles. The molecule has 1 aromatic rings. The topological polar surface area (TPSA) is 24.5 Å². The van der Waals surface area contributed by atoms with Gasteiger partial charge < -0.3 is 15.0 Å². The Balaban J connectivity index is 2.78. The quantitative estimate of drug-likeness (QED) is 0.864. The molecule has 0 aromatic heterocycles. The summed E-state index contributed by atoms with van der Waals surface area (Å²) in [6, 6.07) is 6.08. The van der Waals surface area contributed by atoms with Crippen LogP contribution in [-0.4, -0.2) is 39.0 Å². The van der Waals surface area contributed by atoms with Gasteiger partial charge in [0.15, 0.2) is 0 Å². The molecule has 108 valence electrons. The highest BCUT2D eigenvalue weighted by atomic mass is 19.4. The smallest absolute Gasteiger partial charge is 0.406 e. The summed E-state index contributed by atoms with van der Waals surface area (Å²) in [5.74, 6) is -0.185. The van der Waals surface area contributed by atoms with Crippen molar-refractivity contribution in [1.29, 1.82) is 0 Å². The fourth-order valence-electron chi connectivity index (χ4n) is 1.79. The van der Waals surface area contributed by atoms with Crippen LogP contribution in [0.25, 0.3) is 0 Å². The molecule has 1 N–H and O–H groups in total. The van der Waals surface area contributed by atoms with Gasteiger partial charge in [0.05, 0.1) is 0 Å². The Bertz CT molecular complexity index is 394. The summed E-state index contributed by atoms with van der Waals surface area (Å²) in [5, 5.41) is 3.10. The lowest BCUT2D eigenvalue weighted by atomic mass is 10.0. The maximum Gasteiger partial charge on any atom is 0.573 e. The second-order valence-electron chi connectivity index (χ2n) is 4.55. The standard InChI is InChI=1S/C13H19F3N2O/c1-17-12(7-8-18(2)3)10-5-4-6-11(9-10)19-13(14,15)16/h4-6,9,12,17H,7-8H2,1-3H3. The minimum atomic E-state index is -4.66. The molecule has 0 saturated heterocycles. The Morgan fingerprint density at radius 2 is 2.00 bits per heavy atom. The Morgan fingerprint density at radius 1 is 1.32 bits per heavy atom. The highest BCUT2D eigenvalue weighted by Crippen LogP contribution is 2.26. The normalized spacial score (nSPS) is 13.6. The molecular formula is C13H19F3N2O. The third-order valence-electron chi connectivity index (χ3n) is 2.71. The molecule has 0 aliphatic heterocycles. The van der Waals surface area contributed by atoms with Crippen molar-refractivity contribution >= 4 is 0 Å². The number of alkyl halides is 3. The molecule has 0 radical (unpaired) electrons. The molecular weight excluding hydrogens is 257 g/mol. The van der Waals surface area contributed by atoms with Crippen LogP contribution < -0.4 is 10.1 Å². The molecule has 6 heteroatoms. The van der Waals surface area contributed by atoms with E-state index in [0.717, 1.165) is 18.5 Å². The Hall–Kier alpha value is -1.27. The number of benzene rings is 1. The summed E-state index contributed by atoms with van der Waals surface area (Å²) in [7, 11) is 5.70. The van der Waals surface area contributed by atoms with Gasteiger partial charge in [-0.25, -0.2) is 0 Å². The number of nitrogens with one attached hydrogen (secondary N) is 1. The van der Waals surface area contributed by atoms with E-state index < -0.39 is 6.36 Å². The minimum Gasteiger partial charge on any atom is -0.406 e. The summed E-state index contributed by atoms with van der Waals surface area (Å²) < 4.78 is 40.4. The fourth-order valence-corrected chi connectivity index (χ4v) is 1.79. The van der Waals surface area contributed by atoms with Crippen LogP contribution in [0.1, 0.15) is 18.0 Å². The number of hydrogen-bond acceptors (Lipinski definition) is 3. The van der Waals surface area contributed by atoms with Crippen molar-refractivity contribution in [3.8, 4) is 5.75 Å². The van der Waals surface area contributed by atoms with Gasteiger partial charge in [-0.1, -0.05) is 12.1 Å². The molecule has 0 aliphatic rings. The van der Waals surface area contributed by atoms with Crippen LogP contribution >= 0.6 is 0 Å². The van der Waals surface area contributed by atoms with E-state index >= 15 is 0 Å². The molecule has 1 unspecified atom stereocenters. The van der Waals surface area contributed by atoms with Gasteiger partial charge in [-0.15, -0.1) is 13.2 Å². The minimum absolute atomic E-state index is 0.000756. The number of rotatable bonds is 6. The maximum atomic E-state index is 12.2. The maximum absolute atomic E-state index is 12.2. The van der Waals surface area contributed by atoms with Gasteiger partial charge in [0.1, 0.15) is 5.75 Å². The second-order valence-corrected chi connectivity index (χ2v) is 4.55. The van der Waals surface area contributed by atoms with Gasteiger partial charge in [0.2, 0.25) is 0 Å². The van der Waals surface area contributed by atoms with E-state index in [2.05, 4.69) is 10.1 Å². The van der Waals surface area contributed by atoms with Crippen molar-refractivity contribution in [3.05, 3.63) is 29.8 Å². The first-order valence-electron chi connectivity index (χ1n) is 5.99. The van der Waals surface area contributed by atoms with E-state index in [4.69, 9.17) is 0 Å². The van der Waals surface area contributed by atoms with Crippen LogP contribution in [0.15, 0.2) is 24.3 Å². The molecule has 0 bridgehead atoms. The van der Waals surface area contributed by atoms with Gasteiger partial charge in [0, 0.05) is 6.04 Å². The molecule has 0 heterocycles. The van der Waals surface area contributed by atoms with Gasteiger partial charge in [-0.3, -0.25) is 0 Å². The number of nitrogens with zero attached hydrogens (tertiary/aromatic N) is 1. The molecule has 0 amide bonds. The summed E-state index contributed by atoms with van der Waals surface area (Å²) >= 11 is 0. The highest BCUT2D eigenvalue weighted by molar-refractivity contribution is 5.30. The lowest BCUT2D eigenvalue weighted by Crippen LogP contribution is -2.23. The van der Waals surface area contributed by atoms with E-state index in [1.807, 2.05) is 19.0 Å². The molecule has 0 spiro atoms. The first-order valence-corrected chi connectivity index (χ1v) is 5.99. The van der Waals surface area contributed by atoms with Crippen molar-refractivity contribution < 1.29 is 17.9 Å². The van der Waals surface area contributed by atoms with E-state index in [0.29, 0.717) is 0 Å². The van der Waals surface area contributed by atoms with Crippen LogP contribution in [-0.2, 0) is 0 Å². The summed E-state index contributed by atoms with van der Waals surface area (Å²) in [6.07, 6.45) is -3.85. The van der Waals surface area contributed by atoms with Crippen LogP contribution in [0.2, 0.25) is 0 Å². The monoisotopic (exact) mass is 276 g/mol. The number of halogens is 3. The average molecular weight is 276 g/mol. The Morgan fingerprint density at radius 3 is 2.53 bits per heavy atom. The summed E-state index contributed by atoms with van der Waals surface area (Å²) in [4.78, 5) is 2.03. The number of ether oxygens (including phenoxy) is 1. The van der Waals surface area contributed by atoms with Crippen molar-refractivity contribution in [2.45, 2.75) is 18.8 Å². The zero-order valence-corrected chi connectivity index (χ0v) is 11.3. The Kier molecular flexibility index (Phi) is 5.62.